The molecular weight excluding hydrogens is 324 g/mol. The molecule has 2 aromatic heterocycles. The van der Waals surface area contributed by atoms with Crippen LogP contribution in [0.25, 0.3) is 11.5 Å². The highest BCUT2D eigenvalue weighted by molar-refractivity contribution is 5.91. The van der Waals surface area contributed by atoms with Crippen LogP contribution < -0.4 is 14.8 Å². The van der Waals surface area contributed by atoms with E-state index in [0.717, 1.165) is 5.56 Å². The van der Waals surface area contributed by atoms with Gasteiger partial charge in [-0.15, -0.1) is 10.2 Å². The van der Waals surface area contributed by atoms with Crippen LogP contribution in [0.1, 0.15) is 12.3 Å². The number of amides is 1. The summed E-state index contributed by atoms with van der Waals surface area (Å²) in [5, 5.41) is 10.8. The molecule has 25 heavy (non-hydrogen) atoms. The molecular formula is C17H14N4O4. The van der Waals surface area contributed by atoms with E-state index in [-0.39, 0.29) is 19.1 Å². The van der Waals surface area contributed by atoms with Gasteiger partial charge in [0, 0.05) is 42.6 Å². The van der Waals surface area contributed by atoms with E-state index in [1.54, 1.807) is 42.7 Å². The minimum Gasteiger partial charge on any atom is -0.454 e. The van der Waals surface area contributed by atoms with E-state index in [9.17, 15) is 4.79 Å². The van der Waals surface area contributed by atoms with Gasteiger partial charge in [0.25, 0.3) is 0 Å². The highest BCUT2D eigenvalue weighted by atomic mass is 16.7. The molecule has 1 N–H and O–H groups in total. The molecule has 1 aliphatic heterocycles. The number of benzene rings is 1. The molecule has 3 aromatic rings. The minimum absolute atomic E-state index is 0.150. The summed E-state index contributed by atoms with van der Waals surface area (Å²) >= 11 is 0. The number of anilines is 1. The van der Waals surface area contributed by atoms with Gasteiger partial charge in [0.15, 0.2) is 11.5 Å². The van der Waals surface area contributed by atoms with Crippen LogP contribution in [0.4, 0.5) is 5.69 Å². The van der Waals surface area contributed by atoms with Crippen LogP contribution in [-0.4, -0.2) is 27.9 Å². The summed E-state index contributed by atoms with van der Waals surface area (Å²) < 4.78 is 16.1. The number of carbonyl (C=O) groups is 1. The molecule has 0 saturated heterocycles. The lowest BCUT2D eigenvalue weighted by atomic mass is 10.2. The van der Waals surface area contributed by atoms with E-state index >= 15 is 0 Å². The molecule has 0 bridgehead atoms. The van der Waals surface area contributed by atoms with Crippen molar-refractivity contribution >= 4 is 11.6 Å². The average molecular weight is 338 g/mol. The van der Waals surface area contributed by atoms with E-state index in [1.807, 2.05) is 0 Å². The quantitative estimate of drug-likeness (QED) is 0.762. The normalized spacial score (nSPS) is 12.2. The SMILES string of the molecule is O=C(CCc1nnc(-c2ccncc2)o1)Nc1ccc2c(c1)OCO2. The van der Waals surface area contributed by atoms with E-state index in [0.29, 0.717) is 35.4 Å². The topological polar surface area (TPSA) is 99.4 Å². The van der Waals surface area contributed by atoms with Crippen molar-refractivity contribution < 1.29 is 18.7 Å². The molecule has 0 aliphatic carbocycles. The van der Waals surface area contributed by atoms with E-state index in [2.05, 4.69) is 20.5 Å². The summed E-state index contributed by atoms with van der Waals surface area (Å²) in [7, 11) is 0. The molecule has 0 fully saturated rings. The number of hydrogen-bond donors (Lipinski definition) is 1. The Morgan fingerprint density at radius 2 is 1.92 bits per heavy atom. The Morgan fingerprint density at radius 1 is 1.08 bits per heavy atom. The third-order valence-electron chi connectivity index (χ3n) is 3.62. The van der Waals surface area contributed by atoms with E-state index in [4.69, 9.17) is 13.9 Å². The fourth-order valence-electron chi connectivity index (χ4n) is 2.38. The summed E-state index contributed by atoms with van der Waals surface area (Å²) in [4.78, 5) is 16.0. The fourth-order valence-corrected chi connectivity index (χ4v) is 2.38. The Hall–Kier alpha value is -3.42. The van der Waals surface area contributed by atoms with Gasteiger partial charge in [0.05, 0.1) is 0 Å². The van der Waals surface area contributed by atoms with Crippen molar-refractivity contribution in [1.29, 1.82) is 0 Å². The molecule has 1 aliphatic rings. The summed E-state index contributed by atoms with van der Waals surface area (Å²) in [6.45, 7) is 0.198. The van der Waals surface area contributed by atoms with Gasteiger partial charge in [0.1, 0.15) is 0 Å². The van der Waals surface area contributed by atoms with Crippen molar-refractivity contribution in [3.05, 3.63) is 48.6 Å². The van der Waals surface area contributed by atoms with E-state index < -0.39 is 0 Å². The minimum atomic E-state index is -0.150. The first-order valence-electron chi connectivity index (χ1n) is 7.70. The number of nitrogens with one attached hydrogen (secondary N) is 1. The standard InChI is InChI=1S/C17H14N4O4/c22-15(19-12-1-2-13-14(9-12)24-10-23-13)3-4-16-20-21-17(25-16)11-5-7-18-8-6-11/h1-2,5-9H,3-4,10H2,(H,19,22). The van der Waals surface area contributed by atoms with Gasteiger partial charge in [-0.2, -0.15) is 0 Å². The largest absolute Gasteiger partial charge is 0.454 e. The zero-order valence-corrected chi connectivity index (χ0v) is 13.1. The van der Waals surface area contributed by atoms with Crippen molar-refractivity contribution in [2.24, 2.45) is 0 Å². The number of carbonyl (C=O) groups excluding carboxylic acids is 1. The van der Waals surface area contributed by atoms with Gasteiger partial charge in [-0.25, -0.2) is 0 Å². The van der Waals surface area contributed by atoms with Crippen LogP contribution in [0.5, 0.6) is 11.5 Å². The number of aryl methyl sites for hydroxylation is 1. The van der Waals surface area contributed by atoms with Crippen LogP contribution in [-0.2, 0) is 11.2 Å². The van der Waals surface area contributed by atoms with Gasteiger partial charge in [-0.3, -0.25) is 9.78 Å². The molecule has 0 unspecified atom stereocenters. The molecule has 8 heteroatoms. The summed E-state index contributed by atoms with van der Waals surface area (Å²) in [6, 6.07) is 8.82. The van der Waals surface area contributed by atoms with Crippen molar-refractivity contribution in [2.75, 3.05) is 12.1 Å². The Bertz CT molecular complexity index is 895. The van der Waals surface area contributed by atoms with Crippen LogP contribution in [0, 0.1) is 0 Å². The lowest BCUT2D eigenvalue weighted by molar-refractivity contribution is -0.116. The highest BCUT2D eigenvalue weighted by Gasteiger charge is 2.15. The molecule has 0 radical (unpaired) electrons. The first-order chi connectivity index (χ1) is 12.3. The lowest BCUT2D eigenvalue weighted by Gasteiger charge is -2.05. The molecule has 1 amide bonds. The second-order valence-corrected chi connectivity index (χ2v) is 5.35. The third-order valence-corrected chi connectivity index (χ3v) is 3.62. The number of rotatable bonds is 5. The molecule has 3 heterocycles. The maximum Gasteiger partial charge on any atom is 0.247 e. The molecule has 126 valence electrons. The van der Waals surface area contributed by atoms with Crippen molar-refractivity contribution in [3.63, 3.8) is 0 Å². The predicted octanol–water partition coefficient (Wildman–Crippen LogP) is 2.43. The summed E-state index contributed by atoms with van der Waals surface area (Å²) in [5.74, 6) is 1.97. The number of hydrogen-bond acceptors (Lipinski definition) is 7. The smallest absolute Gasteiger partial charge is 0.247 e. The lowest BCUT2D eigenvalue weighted by Crippen LogP contribution is -2.12. The number of ether oxygens (including phenoxy) is 2. The van der Waals surface area contributed by atoms with Gasteiger partial charge in [-0.05, 0) is 24.3 Å². The second kappa shape index (κ2) is 6.60. The van der Waals surface area contributed by atoms with Crippen molar-refractivity contribution in [2.45, 2.75) is 12.8 Å². The molecule has 8 nitrogen and oxygen atoms in total. The van der Waals surface area contributed by atoms with Gasteiger partial charge >= 0.3 is 0 Å². The predicted molar refractivity (Wildman–Crippen MR) is 87.0 cm³/mol. The maximum absolute atomic E-state index is 12.1. The Morgan fingerprint density at radius 3 is 2.80 bits per heavy atom. The zero-order chi connectivity index (χ0) is 17.1. The van der Waals surface area contributed by atoms with Crippen LogP contribution in [0.3, 0.4) is 0 Å². The molecule has 1 aromatic carbocycles. The number of aromatic nitrogens is 3. The van der Waals surface area contributed by atoms with Gasteiger partial charge in [0.2, 0.25) is 24.5 Å². The van der Waals surface area contributed by atoms with Crippen LogP contribution in [0.15, 0.2) is 47.1 Å². The van der Waals surface area contributed by atoms with E-state index in [1.165, 1.54) is 0 Å². The van der Waals surface area contributed by atoms with Crippen molar-refractivity contribution in [3.8, 4) is 23.0 Å². The Labute approximate surface area is 142 Å². The molecule has 0 saturated carbocycles. The molecule has 0 atom stereocenters. The number of fused-ring (bicyclic) bond motifs is 1. The van der Waals surface area contributed by atoms with Crippen LogP contribution in [0.2, 0.25) is 0 Å². The Kier molecular flexibility index (Phi) is 3.99. The van der Waals surface area contributed by atoms with Crippen LogP contribution >= 0.6 is 0 Å². The number of pyridine rings is 1. The fraction of sp³-hybridized carbons (Fsp3) is 0.176. The first-order valence-corrected chi connectivity index (χ1v) is 7.70. The van der Waals surface area contributed by atoms with Crippen molar-refractivity contribution in [1.82, 2.24) is 15.2 Å². The molecule has 0 spiro atoms. The average Bonchev–Trinajstić information content (AvgIpc) is 3.30. The molecule has 4 rings (SSSR count). The maximum atomic E-state index is 12.1. The third kappa shape index (κ3) is 3.42. The number of nitrogens with zero attached hydrogens (tertiary/aromatic N) is 3. The summed E-state index contributed by atoms with van der Waals surface area (Å²) in [6.07, 6.45) is 3.89. The zero-order valence-electron chi connectivity index (χ0n) is 13.1. The first kappa shape index (κ1) is 15.1. The summed E-state index contributed by atoms with van der Waals surface area (Å²) in [5.41, 5.74) is 1.44. The van der Waals surface area contributed by atoms with Gasteiger partial charge in [-0.1, -0.05) is 0 Å². The highest BCUT2D eigenvalue weighted by Crippen LogP contribution is 2.34. The second-order valence-electron chi connectivity index (χ2n) is 5.35. The monoisotopic (exact) mass is 338 g/mol. The Balaban J connectivity index is 1.34. The van der Waals surface area contributed by atoms with Gasteiger partial charge < -0.3 is 19.2 Å².